The fraction of sp³-hybridized carbons (Fsp3) is 0.0909. The van der Waals surface area contributed by atoms with E-state index in [1.54, 1.807) is 7.05 Å². The Morgan fingerprint density at radius 1 is 1.55 bits per heavy atom. The topological polar surface area (TPSA) is 110 Å². The second-order valence-corrected chi connectivity index (χ2v) is 4.77. The van der Waals surface area contributed by atoms with Crippen molar-refractivity contribution in [3.05, 3.63) is 44.5 Å². The molecule has 2 aromatic rings. The van der Waals surface area contributed by atoms with Crippen molar-refractivity contribution in [2.45, 2.75) is 0 Å². The number of benzene rings is 1. The van der Waals surface area contributed by atoms with Crippen molar-refractivity contribution in [3.8, 4) is 0 Å². The van der Waals surface area contributed by atoms with Crippen molar-refractivity contribution in [1.82, 2.24) is 9.78 Å². The molecule has 1 heterocycles. The second kappa shape index (κ2) is 5.29. The van der Waals surface area contributed by atoms with Crippen LogP contribution < -0.4 is 5.32 Å². The fourth-order valence-electron chi connectivity index (χ4n) is 1.58. The summed E-state index contributed by atoms with van der Waals surface area (Å²) in [5.41, 5.74) is 0.427. The molecule has 2 rings (SSSR count). The quantitative estimate of drug-likeness (QED) is 0.653. The van der Waals surface area contributed by atoms with Crippen LogP contribution in [0.4, 0.5) is 17.2 Å². The van der Waals surface area contributed by atoms with Gasteiger partial charge in [-0.3, -0.25) is 14.8 Å². The van der Waals surface area contributed by atoms with Crippen LogP contribution in [0.2, 0.25) is 0 Å². The molecule has 0 fully saturated rings. The van der Waals surface area contributed by atoms with Gasteiger partial charge in [0.25, 0.3) is 0 Å². The first-order valence-corrected chi connectivity index (χ1v) is 6.15. The Labute approximate surface area is 121 Å². The molecular formula is C11H9BrN4O4. The number of halogens is 1. The number of aromatic nitrogens is 2. The lowest BCUT2D eigenvalue weighted by molar-refractivity contribution is -0.384. The summed E-state index contributed by atoms with van der Waals surface area (Å²) in [6, 6.07) is 4.30. The van der Waals surface area contributed by atoms with Crippen molar-refractivity contribution < 1.29 is 14.8 Å². The van der Waals surface area contributed by atoms with Crippen molar-refractivity contribution >= 4 is 39.1 Å². The maximum Gasteiger partial charge on any atom is 0.335 e. The minimum atomic E-state index is -1.05. The van der Waals surface area contributed by atoms with Crippen LogP contribution in [0.15, 0.2) is 28.9 Å². The van der Waals surface area contributed by atoms with E-state index in [0.717, 1.165) is 0 Å². The minimum absolute atomic E-state index is 0.0845. The number of nitrogens with zero attached hydrogens (tertiary/aromatic N) is 3. The summed E-state index contributed by atoms with van der Waals surface area (Å²) >= 11 is 3.21. The Bertz CT molecular complexity index is 698. The highest BCUT2D eigenvalue weighted by molar-refractivity contribution is 9.10. The predicted molar refractivity (Wildman–Crippen MR) is 74.2 cm³/mol. The van der Waals surface area contributed by atoms with Crippen LogP contribution in [0, 0.1) is 10.1 Å². The van der Waals surface area contributed by atoms with Crippen molar-refractivity contribution in [1.29, 1.82) is 0 Å². The van der Waals surface area contributed by atoms with Crippen LogP contribution in [0.5, 0.6) is 0 Å². The zero-order valence-corrected chi connectivity index (χ0v) is 11.8. The fourth-order valence-corrected chi connectivity index (χ4v) is 2.05. The molecule has 0 aliphatic carbocycles. The van der Waals surface area contributed by atoms with Gasteiger partial charge in [0.15, 0.2) is 0 Å². The Balaban J connectivity index is 2.35. The maximum atomic E-state index is 10.9. The summed E-state index contributed by atoms with van der Waals surface area (Å²) in [5.74, 6) is -0.970. The minimum Gasteiger partial charge on any atom is -0.478 e. The van der Waals surface area contributed by atoms with E-state index in [2.05, 4.69) is 26.3 Å². The van der Waals surface area contributed by atoms with Gasteiger partial charge in [-0.15, -0.1) is 5.10 Å². The Morgan fingerprint density at radius 3 is 2.80 bits per heavy atom. The normalized spacial score (nSPS) is 10.3. The molecule has 9 heteroatoms. The van der Waals surface area contributed by atoms with Crippen LogP contribution in [0.1, 0.15) is 10.4 Å². The molecule has 0 aliphatic heterocycles. The highest BCUT2D eigenvalue weighted by Crippen LogP contribution is 2.30. The standard InChI is InChI=1S/C11H9BrN4O4/c1-15-5-9(16(19)20)10(14-15)13-8-3-2-6(11(17)18)4-7(8)12/h2-5H,1H3,(H,13,14)(H,17,18). The highest BCUT2D eigenvalue weighted by atomic mass is 79.9. The van der Waals surface area contributed by atoms with E-state index in [9.17, 15) is 14.9 Å². The van der Waals surface area contributed by atoms with Gasteiger partial charge in [0.2, 0.25) is 5.82 Å². The summed E-state index contributed by atoms with van der Waals surface area (Å²) in [6.07, 6.45) is 1.28. The zero-order chi connectivity index (χ0) is 14.9. The van der Waals surface area contributed by atoms with Crippen LogP contribution in [0.25, 0.3) is 0 Å². The first-order valence-electron chi connectivity index (χ1n) is 5.36. The third-order valence-electron chi connectivity index (χ3n) is 2.48. The monoisotopic (exact) mass is 340 g/mol. The van der Waals surface area contributed by atoms with E-state index in [1.807, 2.05) is 0 Å². The second-order valence-electron chi connectivity index (χ2n) is 3.92. The van der Waals surface area contributed by atoms with Crippen LogP contribution in [0.3, 0.4) is 0 Å². The number of carboxylic acids is 1. The summed E-state index contributed by atoms with van der Waals surface area (Å²) in [4.78, 5) is 21.2. The number of carbonyl (C=O) groups is 1. The van der Waals surface area contributed by atoms with E-state index in [4.69, 9.17) is 5.11 Å². The lowest BCUT2D eigenvalue weighted by Gasteiger charge is -2.06. The summed E-state index contributed by atoms with van der Waals surface area (Å²) in [6.45, 7) is 0. The van der Waals surface area contributed by atoms with Gasteiger partial charge < -0.3 is 10.4 Å². The molecule has 0 saturated heterocycles. The van der Waals surface area contributed by atoms with Gasteiger partial charge in [0.1, 0.15) is 6.20 Å². The smallest absolute Gasteiger partial charge is 0.335 e. The number of nitro groups is 1. The molecule has 0 aliphatic rings. The molecule has 0 unspecified atom stereocenters. The van der Waals surface area contributed by atoms with Gasteiger partial charge in [0, 0.05) is 11.5 Å². The molecule has 2 N–H and O–H groups in total. The molecule has 8 nitrogen and oxygen atoms in total. The van der Waals surface area contributed by atoms with E-state index >= 15 is 0 Å². The molecule has 104 valence electrons. The summed E-state index contributed by atoms with van der Waals surface area (Å²) < 4.78 is 1.79. The number of aryl methyl sites for hydroxylation is 1. The number of carboxylic acid groups (broad SMARTS) is 1. The Kier molecular flexibility index (Phi) is 3.70. The lowest BCUT2D eigenvalue weighted by Crippen LogP contribution is -2.00. The summed E-state index contributed by atoms with van der Waals surface area (Å²) in [7, 11) is 1.57. The van der Waals surface area contributed by atoms with Crippen molar-refractivity contribution in [2.24, 2.45) is 7.05 Å². The summed E-state index contributed by atoms with van der Waals surface area (Å²) in [5, 5.41) is 26.5. The third-order valence-corrected chi connectivity index (χ3v) is 3.13. The van der Waals surface area contributed by atoms with Crippen LogP contribution >= 0.6 is 15.9 Å². The SMILES string of the molecule is Cn1cc([N+](=O)[O-])c(Nc2ccc(C(=O)O)cc2Br)n1. The molecule has 20 heavy (non-hydrogen) atoms. The molecule has 1 aromatic carbocycles. The molecule has 0 spiro atoms. The van der Waals surface area contributed by atoms with E-state index in [0.29, 0.717) is 10.2 Å². The first-order chi connectivity index (χ1) is 9.38. The van der Waals surface area contributed by atoms with Crippen molar-refractivity contribution in [3.63, 3.8) is 0 Å². The van der Waals surface area contributed by atoms with Crippen LogP contribution in [-0.4, -0.2) is 25.8 Å². The maximum absolute atomic E-state index is 10.9. The van der Waals surface area contributed by atoms with E-state index in [-0.39, 0.29) is 17.1 Å². The number of hydrogen-bond acceptors (Lipinski definition) is 5. The Hall–Kier alpha value is -2.42. The molecular weight excluding hydrogens is 332 g/mol. The predicted octanol–water partition coefficient (Wildman–Crippen LogP) is 2.53. The lowest BCUT2D eigenvalue weighted by atomic mass is 10.2. The molecule has 0 radical (unpaired) electrons. The first kappa shape index (κ1) is 14.0. The van der Waals surface area contributed by atoms with E-state index in [1.165, 1.54) is 29.1 Å². The van der Waals surface area contributed by atoms with Gasteiger partial charge in [-0.05, 0) is 34.1 Å². The van der Waals surface area contributed by atoms with E-state index < -0.39 is 10.9 Å². The molecule has 1 aromatic heterocycles. The third kappa shape index (κ3) is 2.77. The van der Waals surface area contributed by atoms with Gasteiger partial charge in [-0.1, -0.05) is 0 Å². The average molecular weight is 341 g/mol. The number of aromatic carboxylic acids is 1. The number of hydrogen-bond donors (Lipinski definition) is 2. The van der Waals surface area contributed by atoms with Gasteiger partial charge in [0.05, 0.1) is 16.2 Å². The largest absolute Gasteiger partial charge is 0.478 e. The molecule has 0 saturated carbocycles. The van der Waals surface area contributed by atoms with Crippen LogP contribution in [-0.2, 0) is 7.05 Å². The molecule has 0 atom stereocenters. The van der Waals surface area contributed by atoms with Gasteiger partial charge in [-0.2, -0.15) is 0 Å². The zero-order valence-electron chi connectivity index (χ0n) is 10.2. The number of rotatable bonds is 4. The Morgan fingerprint density at radius 2 is 2.25 bits per heavy atom. The molecule has 0 amide bonds. The van der Waals surface area contributed by atoms with Gasteiger partial charge >= 0.3 is 11.7 Å². The van der Waals surface area contributed by atoms with Crippen molar-refractivity contribution in [2.75, 3.05) is 5.32 Å². The number of nitrogens with one attached hydrogen (secondary N) is 1. The average Bonchev–Trinajstić information content (AvgIpc) is 2.73. The van der Waals surface area contributed by atoms with Gasteiger partial charge in [-0.25, -0.2) is 4.79 Å². The molecule has 0 bridgehead atoms. The number of anilines is 2. The highest BCUT2D eigenvalue weighted by Gasteiger charge is 2.19.